The lowest BCUT2D eigenvalue weighted by Crippen LogP contribution is -2.52. The number of aliphatic imine (C=N–C) groups is 1. The van der Waals surface area contributed by atoms with Gasteiger partial charge in [-0.3, -0.25) is 9.89 Å². The zero-order valence-electron chi connectivity index (χ0n) is 19.1. The molecule has 0 bridgehead atoms. The van der Waals surface area contributed by atoms with Gasteiger partial charge in [0.05, 0.1) is 6.54 Å². The molecule has 0 amide bonds. The molecule has 0 aromatic heterocycles. The number of nitrogens with zero attached hydrogens (tertiary/aromatic N) is 3. The molecule has 3 rings (SSSR count). The maximum atomic E-state index is 5.60. The van der Waals surface area contributed by atoms with Gasteiger partial charge in [-0.25, -0.2) is 0 Å². The van der Waals surface area contributed by atoms with Gasteiger partial charge in [0.15, 0.2) is 5.96 Å². The summed E-state index contributed by atoms with van der Waals surface area (Å²) in [7, 11) is 4.34. The maximum Gasteiger partial charge on any atom is 0.191 e. The number of ether oxygens (including phenoxy) is 1. The fourth-order valence-corrected chi connectivity index (χ4v) is 4.48. The number of hydrogen-bond acceptors (Lipinski definition) is 4. The molecule has 2 atom stereocenters. The van der Waals surface area contributed by atoms with Crippen LogP contribution in [0.1, 0.15) is 38.7 Å². The quantitative estimate of drug-likeness (QED) is 0.323. The Bertz CT molecular complexity index is 648. The number of rotatable bonds is 7. The Morgan fingerprint density at radius 1 is 1.23 bits per heavy atom. The van der Waals surface area contributed by atoms with Crippen LogP contribution in [0.4, 0.5) is 0 Å². The predicted molar refractivity (Wildman–Crippen MR) is 136 cm³/mol. The minimum absolute atomic E-state index is 0. The Balaban J connectivity index is 0.00000320. The highest BCUT2D eigenvalue weighted by Crippen LogP contribution is 2.26. The number of nitrogens with one attached hydrogen (secondary N) is 2. The lowest BCUT2D eigenvalue weighted by molar-refractivity contribution is -0.00255. The Hall–Kier alpha value is -0.900. The van der Waals surface area contributed by atoms with Crippen LogP contribution >= 0.6 is 24.0 Å². The molecule has 2 aliphatic heterocycles. The van der Waals surface area contributed by atoms with Crippen molar-refractivity contribution < 1.29 is 4.74 Å². The molecular formula is C23H40IN5O. The molecule has 1 aromatic rings. The molecule has 170 valence electrons. The molecule has 2 saturated heterocycles. The number of hydrogen-bond donors (Lipinski definition) is 2. The second kappa shape index (κ2) is 12.2. The van der Waals surface area contributed by atoms with E-state index in [-0.39, 0.29) is 29.5 Å². The third-order valence-electron chi connectivity index (χ3n) is 6.52. The van der Waals surface area contributed by atoms with E-state index in [0.717, 1.165) is 64.6 Å². The number of benzene rings is 1. The van der Waals surface area contributed by atoms with Crippen LogP contribution in [-0.4, -0.2) is 80.3 Å². The van der Waals surface area contributed by atoms with E-state index in [4.69, 9.17) is 9.73 Å². The lowest BCUT2D eigenvalue weighted by atomic mass is 9.89. The van der Waals surface area contributed by atoms with E-state index in [1.54, 1.807) is 0 Å². The minimum atomic E-state index is 0. The number of likely N-dealkylation sites (tertiary alicyclic amines) is 1. The number of halogens is 1. The van der Waals surface area contributed by atoms with Crippen molar-refractivity contribution >= 4 is 29.9 Å². The summed E-state index contributed by atoms with van der Waals surface area (Å²) >= 11 is 0. The maximum absolute atomic E-state index is 5.60. The first kappa shape index (κ1) is 25.4. The molecule has 2 fully saturated rings. The molecule has 2 unspecified atom stereocenters. The number of guanidine groups is 1. The largest absolute Gasteiger partial charge is 0.381 e. The fraction of sp³-hybridized carbons (Fsp3) is 0.696. The third-order valence-corrected chi connectivity index (χ3v) is 6.52. The van der Waals surface area contributed by atoms with Crippen molar-refractivity contribution in [2.75, 3.05) is 46.9 Å². The second-order valence-corrected chi connectivity index (χ2v) is 8.77. The molecule has 0 saturated carbocycles. The molecule has 0 aliphatic carbocycles. The van der Waals surface area contributed by atoms with Crippen LogP contribution in [-0.2, 0) is 11.3 Å². The average Bonchev–Trinajstić information content (AvgIpc) is 3.06. The van der Waals surface area contributed by atoms with E-state index >= 15 is 0 Å². The van der Waals surface area contributed by atoms with Gasteiger partial charge in [-0.1, -0.05) is 30.3 Å². The lowest BCUT2D eigenvalue weighted by Gasteiger charge is -2.41. The Kier molecular flexibility index (Phi) is 10.3. The summed E-state index contributed by atoms with van der Waals surface area (Å²) < 4.78 is 5.60. The third kappa shape index (κ3) is 6.80. The van der Waals surface area contributed by atoms with Gasteiger partial charge >= 0.3 is 0 Å². The van der Waals surface area contributed by atoms with Crippen molar-refractivity contribution in [2.24, 2.45) is 4.99 Å². The molecule has 6 nitrogen and oxygen atoms in total. The molecular weight excluding hydrogens is 489 g/mol. The Morgan fingerprint density at radius 3 is 2.57 bits per heavy atom. The summed E-state index contributed by atoms with van der Waals surface area (Å²) in [6.45, 7) is 9.85. The Labute approximate surface area is 199 Å². The minimum Gasteiger partial charge on any atom is -0.381 e. The van der Waals surface area contributed by atoms with Crippen LogP contribution in [0.2, 0.25) is 0 Å². The molecule has 2 N–H and O–H groups in total. The SMILES string of the molecule is CCNC(=NCC1(N(C)C)CCOCC1)NC1CC(C)N(Cc2ccccc2)C1.I. The van der Waals surface area contributed by atoms with Crippen LogP contribution in [0.15, 0.2) is 35.3 Å². The first-order valence-corrected chi connectivity index (χ1v) is 11.1. The van der Waals surface area contributed by atoms with Gasteiger partial charge in [-0.05, 0) is 52.8 Å². The van der Waals surface area contributed by atoms with E-state index < -0.39 is 0 Å². The van der Waals surface area contributed by atoms with E-state index in [9.17, 15) is 0 Å². The van der Waals surface area contributed by atoms with Gasteiger partial charge in [0.1, 0.15) is 0 Å². The van der Waals surface area contributed by atoms with Crippen molar-refractivity contribution in [3.63, 3.8) is 0 Å². The summed E-state index contributed by atoms with van der Waals surface area (Å²) in [5.41, 5.74) is 1.48. The van der Waals surface area contributed by atoms with Crippen LogP contribution in [0, 0.1) is 0 Å². The average molecular weight is 530 g/mol. The summed E-state index contributed by atoms with van der Waals surface area (Å²) in [6, 6.07) is 11.8. The van der Waals surface area contributed by atoms with Gasteiger partial charge in [0, 0.05) is 50.5 Å². The van der Waals surface area contributed by atoms with Crippen molar-refractivity contribution in [3.05, 3.63) is 35.9 Å². The van der Waals surface area contributed by atoms with E-state index in [1.807, 2.05) is 0 Å². The zero-order chi connectivity index (χ0) is 20.7. The van der Waals surface area contributed by atoms with Crippen molar-refractivity contribution in [2.45, 2.75) is 57.3 Å². The summed E-state index contributed by atoms with van der Waals surface area (Å²) in [5, 5.41) is 7.16. The molecule has 0 spiro atoms. The van der Waals surface area contributed by atoms with Crippen molar-refractivity contribution in [1.29, 1.82) is 0 Å². The highest BCUT2D eigenvalue weighted by atomic mass is 127. The van der Waals surface area contributed by atoms with Crippen molar-refractivity contribution in [1.82, 2.24) is 20.4 Å². The molecule has 1 aromatic carbocycles. The van der Waals surface area contributed by atoms with Gasteiger partial charge in [0.25, 0.3) is 0 Å². The van der Waals surface area contributed by atoms with Gasteiger partial charge in [-0.2, -0.15) is 0 Å². The van der Waals surface area contributed by atoms with E-state index in [2.05, 4.69) is 78.7 Å². The zero-order valence-corrected chi connectivity index (χ0v) is 21.4. The smallest absolute Gasteiger partial charge is 0.191 e. The highest BCUT2D eigenvalue weighted by molar-refractivity contribution is 14.0. The molecule has 2 aliphatic rings. The van der Waals surface area contributed by atoms with Gasteiger partial charge in [-0.15, -0.1) is 24.0 Å². The summed E-state index contributed by atoms with van der Waals surface area (Å²) in [5.74, 6) is 0.943. The first-order chi connectivity index (χ1) is 14.0. The molecule has 30 heavy (non-hydrogen) atoms. The monoisotopic (exact) mass is 529 g/mol. The van der Waals surface area contributed by atoms with E-state index in [1.165, 1.54) is 5.56 Å². The molecule has 0 radical (unpaired) electrons. The van der Waals surface area contributed by atoms with Crippen LogP contribution in [0.3, 0.4) is 0 Å². The Morgan fingerprint density at radius 2 is 1.93 bits per heavy atom. The topological polar surface area (TPSA) is 52.1 Å². The second-order valence-electron chi connectivity index (χ2n) is 8.77. The fourth-order valence-electron chi connectivity index (χ4n) is 4.48. The van der Waals surface area contributed by atoms with Crippen LogP contribution < -0.4 is 10.6 Å². The summed E-state index contributed by atoms with van der Waals surface area (Å²) in [4.78, 5) is 9.91. The summed E-state index contributed by atoms with van der Waals surface area (Å²) in [6.07, 6.45) is 3.21. The standard InChI is InChI=1S/C23H39N5O.HI/c1-5-24-22(25-18-23(27(3)4)11-13-29-14-12-23)26-21-15-19(2)28(17-21)16-20-9-7-6-8-10-20;/h6-10,19,21H,5,11-18H2,1-4H3,(H2,24,25,26);1H. The van der Waals surface area contributed by atoms with Crippen molar-refractivity contribution in [3.8, 4) is 0 Å². The predicted octanol–water partition coefficient (Wildman–Crippen LogP) is 2.93. The van der Waals surface area contributed by atoms with Gasteiger partial charge < -0.3 is 20.3 Å². The normalized spacial score (nSPS) is 24.5. The number of likely N-dealkylation sites (N-methyl/N-ethyl adjacent to an activating group) is 1. The molecule has 2 heterocycles. The van der Waals surface area contributed by atoms with Crippen LogP contribution in [0.5, 0.6) is 0 Å². The van der Waals surface area contributed by atoms with Gasteiger partial charge in [0.2, 0.25) is 0 Å². The first-order valence-electron chi connectivity index (χ1n) is 11.1. The highest BCUT2D eigenvalue weighted by Gasteiger charge is 2.35. The molecule has 7 heteroatoms. The van der Waals surface area contributed by atoms with E-state index in [0.29, 0.717) is 12.1 Å². The van der Waals surface area contributed by atoms with Crippen LogP contribution in [0.25, 0.3) is 0 Å².